The van der Waals surface area contributed by atoms with Crippen molar-refractivity contribution >= 4 is 6.09 Å². The zero-order valence-electron chi connectivity index (χ0n) is 15.0. The summed E-state index contributed by atoms with van der Waals surface area (Å²) in [5, 5.41) is 12.1. The van der Waals surface area contributed by atoms with Crippen molar-refractivity contribution in [3.63, 3.8) is 0 Å². The molecule has 2 atom stereocenters. The molecule has 146 valence electrons. The van der Waals surface area contributed by atoms with Gasteiger partial charge in [0, 0.05) is 20.0 Å². The first-order valence-electron chi connectivity index (χ1n) is 8.49. The Kier molecular flexibility index (Phi) is 7.69. The van der Waals surface area contributed by atoms with Gasteiger partial charge in [0.15, 0.2) is 6.29 Å². The average Bonchev–Trinajstić information content (AvgIpc) is 2.66. The topological polar surface area (TPSA) is 67.8 Å². The second kappa shape index (κ2) is 9.99. The Hall–Kier alpha value is -2.51. The van der Waals surface area contributed by atoms with E-state index in [9.17, 15) is 18.7 Å². The minimum atomic E-state index is -3.15. The van der Waals surface area contributed by atoms with Crippen molar-refractivity contribution in [1.82, 2.24) is 5.32 Å². The van der Waals surface area contributed by atoms with Gasteiger partial charge >= 0.3 is 6.09 Å². The zero-order chi connectivity index (χ0) is 19.7. The number of rotatable bonds is 9. The van der Waals surface area contributed by atoms with E-state index in [-0.39, 0.29) is 6.61 Å². The summed E-state index contributed by atoms with van der Waals surface area (Å²) in [6, 6.07) is 15.9. The molecule has 1 unspecified atom stereocenters. The van der Waals surface area contributed by atoms with Crippen LogP contribution in [-0.4, -0.2) is 36.6 Å². The maximum Gasteiger partial charge on any atom is 0.407 e. The molecule has 0 saturated heterocycles. The van der Waals surface area contributed by atoms with E-state index in [0.29, 0.717) is 5.56 Å². The van der Waals surface area contributed by atoms with E-state index in [4.69, 9.17) is 9.47 Å². The van der Waals surface area contributed by atoms with Crippen molar-refractivity contribution in [3.05, 3.63) is 71.8 Å². The molecule has 0 heterocycles. The largest absolute Gasteiger partial charge is 0.445 e. The molecule has 0 fully saturated rings. The molecule has 0 aliphatic heterocycles. The molecule has 0 aromatic heterocycles. The lowest BCUT2D eigenvalue weighted by Crippen LogP contribution is -2.47. The summed E-state index contributed by atoms with van der Waals surface area (Å²) in [4.78, 5) is 11.9. The summed E-state index contributed by atoms with van der Waals surface area (Å²) in [7, 11) is 1.17. The fourth-order valence-corrected chi connectivity index (χ4v) is 2.59. The number of amides is 1. The summed E-state index contributed by atoms with van der Waals surface area (Å²) in [5.74, 6) is -3.15. The van der Waals surface area contributed by atoms with E-state index in [2.05, 4.69) is 5.32 Å². The molecular weight excluding hydrogens is 356 g/mol. The average molecular weight is 379 g/mol. The Morgan fingerprint density at radius 2 is 1.63 bits per heavy atom. The Morgan fingerprint density at radius 1 is 1.07 bits per heavy atom. The number of nitrogens with one attached hydrogen (secondary N) is 1. The van der Waals surface area contributed by atoms with Crippen LogP contribution in [0.15, 0.2) is 60.7 Å². The van der Waals surface area contributed by atoms with Crippen LogP contribution < -0.4 is 5.32 Å². The number of hydrogen-bond donors (Lipinski definition) is 2. The van der Waals surface area contributed by atoms with Gasteiger partial charge in [-0.15, -0.1) is 0 Å². The maximum atomic E-state index is 14.4. The van der Waals surface area contributed by atoms with Crippen molar-refractivity contribution in [2.45, 2.75) is 37.7 Å². The standard InChI is InChI=1S/C20H23F2NO4/c1-26-18(24)17(13-20(21,22)12-15-8-4-2-5-9-15)23-19(25)27-14-16-10-6-3-7-11-16/h2-11,17-18,24H,12-14H2,1H3,(H,23,25)/t17-,18?/m0/s1. The van der Waals surface area contributed by atoms with Gasteiger partial charge in [-0.3, -0.25) is 0 Å². The van der Waals surface area contributed by atoms with Gasteiger partial charge in [0.2, 0.25) is 0 Å². The summed E-state index contributed by atoms with van der Waals surface area (Å²) in [5.41, 5.74) is 1.21. The van der Waals surface area contributed by atoms with Crippen LogP contribution in [0.4, 0.5) is 13.6 Å². The highest BCUT2D eigenvalue weighted by molar-refractivity contribution is 5.67. The van der Waals surface area contributed by atoms with Crippen LogP contribution in [0.5, 0.6) is 0 Å². The minimum absolute atomic E-state index is 0.0110. The summed E-state index contributed by atoms with van der Waals surface area (Å²) in [6.45, 7) is -0.0110. The lowest BCUT2D eigenvalue weighted by atomic mass is 10.0. The van der Waals surface area contributed by atoms with Crippen molar-refractivity contribution in [1.29, 1.82) is 0 Å². The third kappa shape index (κ3) is 7.32. The number of ether oxygens (including phenoxy) is 2. The van der Waals surface area contributed by atoms with Crippen molar-refractivity contribution in [2.24, 2.45) is 0 Å². The van der Waals surface area contributed by atoms with Crippen LogP contribution >= 0.6 is 0 Å². The van der Waals surface area contributed by atoms with Crippen LogP contribution in [0.3, 0.4) is 0 Å². The van der Waals surface area contributed by atoms with Crippen molar-refractivity contribution in [3.8, 4) is 0 Å². The lowest BCUT2D eigenvalue weighted by Gasteiger charge is -2.27. The normalized spacial score (nSPS) is 13.6. The number of benzene rings is 2. The molecule has 0 radical (unpaired) electrons. The number of aliphatic hydroxyl groups excluding tert-OH is 1. The molecule has 0 bridgehead atoms. The fraction of sp³-hybridized carbons (Fsp3) is 0.350. The van der Waals surface area contributed by atoms with Gasteiger partial charge in [-0.25, -0.2) is 13.6 Å². The summed E-state index contributed by atoms with van der Waals surface area (Å²) >= 11 is 0. The number of hydrogen-bond acceptors (Lipinski definition) is 4. The molecule has 2 N–H and O–H groups in total. The smallest absolute Gasteiger partial charge is 0.407 e. The highest BCUT2D eigenvalue weighted by Crippen LogP contribution is 2.26. The maximum absolute atomic E-state index is 14.4. The highest BCUT2D eigenvalue weighted by atomic mass is 19.3. The summed E-state index contributed by atoms with van der Waals surface area (Å²) in [6.07, 6.45) is -3.80. The number of aliphatic hydroxyl groups is 1. The quantitative estimate of drug-likeness (QED) is 0.655. The highest BCUT2D eigenvalue weighted by Gasteiger charge is 2.37. The monoisotopic (exact) mass is 379 g/mol. The first-order chi connectivity index (χ1) is 12.9. The van der Waals surface area contributed by atoms with Crippen LogP contribution in [0.25, 0.3) is 0 Å². The van der Waals surface area contributed by atoms with Crippen LogP contribution in [0.1, 0.15) is 17.5 Å². The Labute approximate surface area is 156 Å². The van der Waals surface area contributed by atoms with Gasteiger partial charge in [-0.05, 0) is 11.1 Å². The third-order valence-electron chi connectivity index (χ3n) is 3.93. The van der Waals surface area contributed by atoms with Crippen LogP contribution in [0.2, 0.25) is 0 Å². The molecule has 0 saturated carbocycles. The molecule has 1 amide bonds. The molecule has 2 aromatic carbocycles. The first-order valence-corrected chi connectivity index (χ1v) is 8.49. The van der Waals surface area contributed by atoms with Gasteiger partial charge in [-0.2, -0.15) is 0 Å². The number of alkyl carbamates (subject to hydrolysis) is 1. The second-order valence-corrected chi connectivity index (χ2v) is 6.16. The Morgan fingerprint density at radius 3 is 2.19 bits per heavy atom. The SMILES string of the molecule is COC(O)[C@H](CC(F)(F)Cc1ccccc1)NC(=O)OCc1ccccc1. The number of alkyl halides is 2. The van der Waals surface area contributed by atoms with Crippen molar-refractivity contribution in [2.75, 3.05) is 7.11 Å². The van der Waals surface area contributed by atoms with Gasteiger partial charge in [-0.1, -0.05) is 60.7 Å². The van der Waals surface area contributed by atoms with Gasteiger partial charge in [0.1, 0.15) is 6.61 Å². The molecule has 5 nitrogen and oxygen atoms in total. The molecule has 0 spiro atoms. The predicted molar refractivity (Wildman–Crippen MR) is 96.3 cm³/mol. The van der Waals surface area contributed by atoms with E-state index in [1.807, 2.05) is 6.07 Å². The summed E-state index contributed by atoms with van der Waals surface area (Å²) < 4.78 is 38.5. The molecule has 27 heavy (non-hydrogen) atoms. The van der Waals surface area contributed by atoms with E-state index < -0.39 is 37.2 Å². The van der Waals surface area contributed by atoms with Gasteiger partial charge in [0.05, 0.1) is 6.04 Å². The number of methoxy groups -OCH3 is 1. The number of carbonyl (C=O) groups is 1. The number of halogens is 2. The lowest BCUT2D eigenvalue weighted by molar-refractivity contribution is -0.119. The molecule has 0 aliphatic carbocycles. The van der Waals surface area contributed by atoms with Gasteiger partial charge in [0.25, 0.3) is 5.92 Å². The Bertz CT molecular complexity index is 698. The van der Waals surface area contributed by atoms with E-state index in [0.717, 1.165) is 5.56 Å². The molecule has 0 aliphatic rings. The van der Waals surface area contributed by atoms with Crippen LogP contribution in [-0.2, 0) is 22.5 Å². The van der Waals surface area contributed by atoms with Crippen LogP contribution in [0, 0.1) is 0 Å². The van der Waals surface area contributed by atoms with Crippen molar-refractivity contribution < 1.29 is 28.2 Å². The Balaban J connectivity index is 1.94. The third-order valence-corrected chi connectivity index (χ3v) is 3.93. The predicted octanol–water partition coefficient (Wildman–Crippen LogP) is 3.51. The number of carbonyl (C=O) groups excluding carboxylic acids is 1. The molecule has 2 rings (SSSR count). The fourth-order valence-electron chi connectivity index (χ4n) is 2.59. The molecular formula is C20H23F2NO4. The molecule has 7 heteroatoms. The van der Waals surface area contributed by atoms with Gasteiger partial charge < -0.3 is 19.9 Å². The first kappa shape index (κ1) is 20.8. The second-order valence-electron chi connectivity index (χ2n) is 6.16. The molecule has 2 aromatic rings. The van der Waals surface area contributed by atoms with E-state index >= 15 is 0 Å². The zero-order valence-corrected chi connectivity index (χ0v) is 15.0. The minimum Gasteiger partial charge on any atom is -0.445 e. The van der Waals surface area contributed by atoms with E-state index in [1.54, 1.807) is 54.6 Å². The van der Waals surface area contributed by atoms with E-state index in [1.165, 1.54) is 7.11 Å².